The Hall–Kier alpha value is -1.12. The number of thiazole rings is 1. The fourth-order valence-corrected chi connectivity index (χ4v) is 6.83. The molecule has 1 aliphatic rings. The quantitative estimate of drug-likeness (QED) is 0.395. The predicted octanol–water partition coefficient (Wildman–Crippen LogP) is 6.32. The van der Waals surface area contributed by atoms with Crippen molar-refractivity contribution in [2.75, 3.05) is 18.0 Å². The van der Waals surface area contributed by atoms with Gasteiger partial charge in [0.2, 0.25) is 0 Å². The van der Waals surface area contributed by atoms with E-state index in [1.165, 1.54) is 0 Å². The fraction of sp³-hybridized carbons (Fsp3) is 0.250. The van der Waals surface area contributed by atoms with Gasteiger partial charge in [-0.2, -0.15) is 0 Å². The summed E-state index contributed by atoms with van der Waals surface area (Å²) in [5, 5.41) is 3.63. The number of benzene rings is 2. The molecule has 9 heteroatoms. The zero-order chi connectivity index (χ0) is 20.6. The number of aromatic nitrogens is 1. The molecule has 0 atom stereocenters. The number of piperidine rings is 1. The lowest BCUT2D eigenvalue weighted by Crippen LogP contribution is -2.39. The van der Waals surface area contributed by atoms with Crippen LogP contribution in [-0.2, 0) is 9.84 Å². The molecule has 4 rings (SSSR count). The van der Waals surface area contributed by atoms with Crippen molar-refractivity contribution in [3.05, 3.63) is 62.4 Å². The summed E-state index contributed by atoms with van der Waals surface area (Å²) in [4.78, 5) is 7.24. The Morgan fingerprint density at radius 2 is 1.66 bits per heavy atom. The maximum Gasteiger partial charge on any atom is 0.185 e. The minimum atomic E-state index is -3.33. The normalized spacial score (nSPS) is 15.6. The van der Waals surface area contributed by atoms with Crippen molar-refractivity contribution in [1.29, 1.82) is 0 Å². The topological polar surface area (TPSA) is 50.3 Å². The highest BCUT2D eigenvalue weighted by Gasteiger charge is 2.32. The van der Waals surface area contributed by atoms with Crippen LogP contribution in [0.25, 0.3) is 11.3 Å². The summed E-state index contributed by atoms with van der Waals surface area (Å²) in [5.74, 6) is 0. The summed E-state index contributed by atoms with van der Waals surface area (Å²) < 4.78 is 26.7. The summed E-state index contributed by atoms with van der Waals surface area (Å²) in [7, 11) is -3.33. The lowest BCUT2D eigenvalue weighted by atomic mass is 10.1. The molecule has 152 valence electrons. The van der Waals surface area contributed by atoms with Gasteiger partial charge in [0, 0.05) is 38.6 Å². The van der Waals surface area contributed by atoms with Crippen LogP contribution in [0.5, 0.6) is 0 Å². The fourth-order valence-electron chi connectivity index (χ4n) is 3.42. The molecule has 0 saturated carbocycles. The van der Waals surface area contributed by atoms with Gasteiger partial charge in [-0.3, -0.25) is 0 Å². The Labute approximate surface area is 192 Å². The second kappa shape index (κ2) is 8.55. The number of hydrogen-bond donors (Lipinski definition) is 0. The molecule has 0 N–H and O–H groups in total. The first-order valence-electron chi connectivity index (χ1n) is 8.99. The van der Waals surface area contributed by atoms with Gasteiger partial charge in [0.25, 0.3) is 0 Å². The first kappa shape index (κ1) is 21.1. The van der Waals surface area contributed by atoms with Gasteiger partial charge in [-0.1, -0.05) is 39.1 Å². The van der Waals surface area contributed by atoms with E-state index in [2.05, 4.69) is 20.8 Å². The molecule has 0 bridgehead atoms. The summed E-state index contributed by atoms with van der Waals surface area (Å²) in [6.07, 6.45) is 1.16. The van der Waals surface area contributed by atoms with Gasteiger partial charge < -0.3 is 4.90 Å². The largest absolute Gasteiger partial charge is 0.348 e. The molecule has 1 aliphatic heterocycles. The number of hydrogen-bond acceptors (Lipinski definition) is 5. The van der Waals surface area contributed by atoms with Crippen molar-refractivity contribution in [3.63, 3.8) is 0 Å². The van der Waals surface area contributed by atoms with E-state index in [-0.39, 0.29) is 5.25 Å². The van der Waals surface area contributed by atoms with Gasteiger partial charge in [0.05, 0.1) is 15.8 Å². The van der Waals surface area contributed by atoms with Crippen LogP contribution in [0.3, 0.4) is 0 Å². The number of anilines is 1. The number of rotatable bonds is 4. The molecule has 0 aliphatic carbocycles. The Morgan fingerprint density at radius 3 is 2.28 bits per heavy atom. The Kier molecular flexibility index (Phi) is 6.23. The van der Waals surface area contributed by atoms with Crippen molar-refractivity contribution in [2.24, 2.45) is 0 Å². The van der Waals surface area contributed by atoms with Crippen molar-refractivity contribution in [3.8, 4) is 11.3 Å². The maximum absolute atomic E-state index is 12.9. The molecule has 0 unspecified atom stereocenters. The highest BCUT2D eigenvalue weighted by atomic mass is 79.9. The molecular weight excluding hydrogens is 515 g/mol. The first-order valence-corrected chi connectivity index (χ1v) is 13.0. The Morgan fingerprint density at radius 1 is 1.03 bits per heavy atom. The second-order valence-corrected chi connectivity index (χ2v) is 11.7. The maximum atomic E-state index is 12.9. The second-order valence-electron chi connectivity index (χ2n) is 6.86. The number of nitrogens with zero attached hydrogens (tertiary/aromatic N) is 2. The molecule has 29 heavy (non-hydrogen) atoms. The molecule has 0 radical (unpaired) electrons. The zero-order valence-corrected chi connectivity index (χ0v) is 19.9. The molecular formula is C20H17BrCl2N2O2S2. The van der Waals surface area contributed by atoms with Gasteiger partial charge in [-0.15, -0.1) is 11.3 Å². The van der Waals surface area contributed by atoms with Crippen LogP contribution >= 0.6 is 50.5 Å². The smallest absolute Gasteiger partial charge is 0.185 e. The SMILES string of the molecule is O=S(=O)(c1ccc(Br)cc1)C1CCN(c2nc(-c3cc(Cl)cc(Cl)c3)cs2)CC1. The van der Waals surface area contributed by atoms with Crippen molar-refractivity contribution in [1.82, 2.24) is 4.98 Å². The lowest BCUT2D eigenvalue weighted by Gasteiger charge is -2.31. The van der Waals surface area contributed by atoms with Crippen molar-refractivity contribution >= 4 is 65.4 Å². The molecule has 3 aromatic rings. The van der Waals surface area contributed by atoms with E-state index < -0.39 is 9.84 Å². The molecule has 2 heterocycles. The van der Waals surface area contributed by atoms with Crippen LogP contribution in [-0.4, -0.2) is 31.7 Å². The van der Waals surface area contributed by atoms with Crippen molar-refractivity contribution in [2.45, 2.75) is 23.0 Å². The molecule has 2 aromatic carbocycles. The first-order chi connectivity index (χ1) is 13.8. The average Bonchev–Trinajstić information content (AvgIpc) is 3.18. The van der Waals surface area contributed by atoms with Crippen LogP contribution in [0.2, 0.25) is 10.0 Å². The van der Waals surface area contributed by atoms with Crippen LogP contribution in [0.15, 0.2) is 57.2 Å². The third kappa shape index (κ3) is 4.64. The van der Waals surface area contributed by atoms with E-state index in [0.717, 1.165) is 20.9 Å². The molecule has 4 nitrogen and oxygen atoms in total. The monoisotopic (exact) mass is 530 g/mol. The van der Waals surface area contributed by atoms with Gasteiger partial charge >= 0.3 is 0 Å². The van der Waals surface area contributed by atoms with Crippen LogP contribution in [0, 0.1) is 0 Å². The van der Waals surface area contributed by atoms with E-state index in [4.69, 9.17) is 28.2 Å². The van der Waals surface area contributed by atoms with Gasteiger partial charge in [0.1, 0.15) is 0 Å². The lowest BCUT2D eigenvalue weighted by molar-refractivity contribution is 0.529. The highest BCUT2D eigenvalue weighted by Crippen LogP contribution is 2.33. The zero-order valence-electron chi connectivity index (χ0n) is 15.2. The van der Waals surface area contributed by atoms with Gasteiger partial charge in [0.15, 0.2) is 15.0 Å². The van der Waals surface area contributed by atoms with Crippen molar-refractivity contribution < 1.29 is 8.42 Å². The van der Waals surface area contributed by atoms with Crippen LogP contribution in [0.1, 0.15) is 12.8 Å². The van der Waals surface area contributed by atoms with E-state index in [0.29, 0.717) is 40.9 Å². The Balaban J connectivity index is 1.46. The van der Waals surface area contributed by atoms with E-state index >= 15 is 0 Å². The summed E-state index contributed by atoms with van der Waals surface area (Å²) in [6.45, 7) is 1.31. The molecule has 0 amide bonds. The third-order valence-corrected chi connectivity index (χ3v) is 9.09. The summed E-state index contributed by atoms with van der Waals surface area (Å²) in [6, 6.07) is 12.2. The molecule has 1 aromatic heterocycles. The molecule has 1 fully saturated rings. The van der Waals surface area contributed by atoms with Crippen LogP contribution in [0.4, 0.5) is 5.13 Å². The van der Waals surface area contributed by atoms with E-state index in [9.17, 15) is 8.42 Å². The highest BCUT2D eigenvalue weighted by molar-refractivity contribution is 9.10. The number of halogens is 3. The number of sulfone groups is 1. The third-order valence-electron chi connectivity index (χ3n) is 4.94. The predicted molar refractivity (Wildman–Crippen MR) is 124 cm³/mol. The minimum absolute atomic E-state index is 0.369. The van der Waals surface area contributed by atoms with Crippen LogP contribution < -0.4 is 4.90 Å². The molecule has 0 spiro atoms. The minimum Gasteiger partial charge on any atom is -0.348 e. The standard InChI is InChI=1S/C20H17BrCl2N2O2S2/c21-14-1-3-17(4-2-14)29(26,27)18-5-7-25(8-6-18)20-24-19(12-28-20)13-9-15(22)11-16(23)10-13/h1-4,9-12,18H,5-8H2. The van der Waals surface area contributed by atoms with E-state index in [1.54, 1.807) is 41.7 Å². The Bertz CT molecular complexity index is 1110. The van der Waals surface area contributed by atoms with E-state index in [1.807, 2.05) is 17.5 Å². The van der Waals surface area contributed by atoms with Gasteiger partial charge in [-0.05, 0) is 55.3 Å². The molecule has 1 saturated heterocycles. The van der Waals surface area contributed by atoms with Gasteiger partial charge in [-0.25, -0.2) is 13.4 Å². The average molecular weight is 532 g/mol. The summed E-state index contributed by atoms with van der Waals surface area (Å²) in [5.41, 5.74) is 1.69. The summed E-state index contributed by atoms with van der Waals surface area (Å²) >= 11 is 17.1.